The van der Waals surface area contributed by atoms with E-state index >= 15 is 0 Å². The average molecular weight is 959 g/mol. The van der Waals surface area contributed by atoms with Gasteiger partial charge in [-0.1, -0.05) is 102 Å². The van der Waals surface area contributed by atoms with Gasteiger partial charge in [-0.3, -0.25) is 28.9 Å². The number of rotatable bonds is 22. The Morgan fingerprint density at radius 1 is 0.456 bits per heavy atom. The molecule has 0 rings (SSSR count). The van der Waals surface area contributed by atoms with Gasteiger partial charge in [-0.25, -0.2) is 24.5 Å². The van der Waals surface area contributed by atoms with Crippen molar-refractivity contribution in [1.82, 2.24) is 10.1 Å². The van der Waals surface area contributed by atoms with Gasteiger partial charge in [0.15, 0.2) is 0 Å². The van der Waals surface area contributed by atoms with Crippen LogP contribution in [-0.2, 0) is 66.9 Å². The maximum atomic E-state index is 11.6. The molecule has 0 saturated heterocycles. The number of hydrogen-bond donors (Lipinski definition) is 0. The van der Waals surface area contributed by atoms with Crippen LogP contribution in [0.2, 0.25) is 0 Å². The van der Waals surface area contributed by atoms with E-state index in [1.165, 1.54) is 24.3 Å². The van der Waals surface area contributed by atoms with Crippen LogP contribution in [0.3, 0.4) is 0 Å². The van der Waals surface area contributed by atoms with Crippen LogP contribution in [0.5, 0.6) is 0 Å². The van der Waals surface area contributed by atoms with Crippen LogP contribution in [-0.4, -0.2) is 113 Å². The Morgan fingerprint density at radius 3 is 1.04 bits per heavy atom. The van der Waals surface area contributed by atoms with E-state index in [0.29, 0.717) is 54.2 Å². The molecule has 16 nitrogen and oxygen atoms in total. The number of nitrogens with zero attached hydrogens (tertiary/aromatic N) is 2. The molecular formula is C52H82N2O14. The second kappa shape index (κ2) is 43.4. The van der Waals surface area contributed by atoms with Crippen molar-refractivity contribution in [3.63, 3.8) is 0 Å². The van der Waals surface area contributed by atoms with E-state index < -0.39 is 17.9 Å². The van der Waals surface area contributed by atoms with Gasteiger partial charge in [0.05, 0.1) is 74.7 Å². The van der Waals surface area contributed by atoms with Crippen molar-refractivity contribution in [3.8, 4) is 0 Å². The SMILES string of the molecule is C=C=C(C(=O)N(C)OCC)C(C)C.C=C=C(C(=O)N(CC)OC)C(C)C.C=C=C(C(=O)OCC)C(C)C.C=C=C(C(=O)OCCC(=O)OC)C(C)C.C=C=C(C(=O)OCCC(=O)OCC)C(C)C. The van der Waals surface area contributed by atoms with Gasteiger partial charge in [0.2, 0.25) is 0 Å². The molecule has 0 fully saturated rings. The second-order valence-electron chi connectivity index (χ2n) is 15.0. The molecular weight excluding hydrogens is 877 g/mol. The van der Waals surface area contributed by atoms with Gasteiger partial charge >= 0.3 is 29.8 Å². The lowest BCUT2D eigenvalue weighted by molar-refractivity contribution is -0.172. The van der Waals surface area contributed by atoms with E-state index in [-0.39, 0.29) is 79.4 Å². The smallest absolute Gasteiger partial charge is 0.342 e. The molecule has 0 aromatic carbocycles. The number of likely N-dealkylation sites (N-methyl/N-ethyl adjacent to an activating group) is 2. The van der Waals surface area contributed by atoms with Crippen LogP contribution in [0.15, 0.2) is 89.4 Å². The number of carbonyl (C=O) groups excluding carboxylic acids is 7. The van der Waals surface area contributed by atoms with Gasteiger partial charge < -0.3 is 23.7 Å². The Hall–Kier alpha value is -6.19. The zero-order valence-electron chi connectivity index (χ0n) is 44.2. The fourth-order valence-corrected chi connectivity index (χ4v) is 4.65. The predicted molar refractivity (Wildman–Crippen MR) is 263 cm³/mol. The monoisotopic (exact) mass is 959 g/mol. The molecule has 384 valence electrons. The Bertz CT molecular complexity index is 1840. The molecule has 0 aliphatic rings. The lowest BCUT2D eigenvalue weighted by atomic mass is 10.0. The van der Waals surface area contributed by atoms with E-state index in [1.54, 1.807) is 20.9 Å². The number of esters is 5. The van der Waals surface area contributed by atoms with Gasteiger partial charge in [-0.2, -0.15) is 0 Å². The summed E-state index contributed by atoms with van der Waals surface area (Å²) in [5.74, 6) is -1.99. The first-order valence-corrected chi connectivity index (χ1v) is 22.3. The van der Waals surface area contributed by atoms with Crippen molar-refractivity contribution in [1.29, 1.82) is 0 Å². The summed E-state index contributed by atoms with van der Waals surface area (Å²) in [5, 5.41) is 2.50. The lowest BCUT2D eigenvalue weighted by Crippen LogP contribution is -2.32. The topological polar surface area (TPSA) is 191 Å². The summed E-state index contributed by atoms with van der Waals surface area (Å²) in [6.45, 7) is 45.1. The predicted octanol–water partition coefficient (Wildman–Crippen LogP) is 8.75. The highest BCUT2D eigenvalue weighted by atomic mass is 16.7. The number of ether oxygens (including phenoxy) is 5. The van der Waals surface area contributed by atoms with Crippen LogP contribution < -0.4 is 0 Å². The van der Waals surface area contributed by atoms with E-state index in [2.05, 4.69) is 66.3 Å². The third kappa shape index (κ3) is 33.3. The number of hydroxylamine groups is 4. The number of hydrogen-bond acceptors (Lipinski definition) is 14. The minimum Gasteiger partial charge on any atom is -0.469 e. The van der Waals surface area contributed by atoms with Crippen molar-refractivity contribution >= 4 is 41.7 Å². The zero-order chi connectivity index (χ0) is 54.1. The van der Waals surface area contributed by atoms with Crippen molar-refractivity contribution in [3.05, 3.63) is 89.4 Å². The number of amides is 2. The summed E-state index contributed by atoms with van der Waals surface area (Å²) < 4.78 is 23.6. The molecule has 0 unspecified atom stereocenters. The Morgan fingerprint density at radius 2 is 0.779 bits per heavy atom. The Labute approximate surface area is 407 Å². The van der Waals surface area contributed by atoms with Crippen LogP contribution >= 0.6 is 0 Å². The zero-order valence-corrected chi connectivity index (χ0v) is 44.2. The molecule has 0 saturated carbocycles. The summed E-state index contributed by atoms with van der Waals surface area (Å²) in [7, 11) is 4.35. The van der Waals surface area contributed by atoms with Crippen LogP contribution in [0.25, 0.3) is 0 Å². The van der Waals surface area contributed by atoms with E-state index in [1.807, 2.05) is 83.1 Å². The molecule has 0 aromatic heterocycles. The molecule has 0 aliphatic carbocycles. The second-order valence-corrected chi connectivity index (χ2v) is 15.0. The van der Waals surface area contributed by atoms with Gasteiger partial charge in [-0.15, -0.1) is 28.7 Å². The average Bonchev–Trinajstić information content (AvgIpc) is 3.25. The van der Waals surface area contributed by atoms with Gasteiger partial charge in [0.1, 0.15) is 13.2 Å². The summed E-state index contributed by atoms with van der Waals surface area (Å²) in [5.41, 5.74) is 15.3. The molecule has 2 amide bonds. The van der Waals surface area contributed by atoms with Crippen molar-refractivity contribution in [2.24, 2.45) is 29.6 Å². The van der Waals surface area contributed by atoms with E-state index in [4.69, 9.17) is 28.6 Å². The van der Waals surface area contributed by atoms with Crippen LogP contribution in [0.4, 0.5) is 0 Å². The van der Waals surface area contributed by atoms with Crippen molar-refractivity contribution in [2.45, 2.75) is 110 Å². The van der Waals surface area contributed by atoms with Crippen LogP contribution in [0.1, 0.15) is 110 Å². The summed E-state index contributed by atoms with van der Waals surface area (Å²) in [6, 6.07) is 0. The highest BCUT2D eigenvalue weighted by Crippen LogP contribution is 2.13. The van der Waals surface area contributed by atoms with Gasteiger partial charge in [0.25, 0.3) is 11.8 Å². The van der Waals surface area contributed by atoms with Crippen LogP contribution in [0, 0.1) is 29.6 Å². The summed E-state index contributed by atoms with van der Waals surface area (Å²) >= 11 is 0. The van der Waals surface area contributed by atoms with E-state index in [9.17, 15) is 33.6 Å². The normalized spacial score (nSPS) is 9.44. The standard InChI is InChI=1S/C12H18O4.C11H16O4.2C10H17NO2.C9H14O2/c1-5-10(9(3)4)12(14)16-8-7-11(13)15-6-2;1-5-9(8(2)3)11(13)15-7-6-10(12)14-4;1-6-9(8(3)4)10(12)11(7-2)13-5;1-6-9(8(3)4)10(12)11(5)13-7-2;1-5-8(7(3)4)9(10)11-6-2/h9H,1,6-8H2,2-4H3;8H,1,6-7H2,2-4H3;2*8H,1,7H2,2-5H3;7H,1,6H2,2-4H3. The molecule has 0 atom stereocenters. The third-order valence-corrected chi connectivity index (χ3v) is 8.19. The lowest BCUT2D eigenvalue weighted by Gasteiger charge is -2.19. The highest BCUT2D eigenvalue weighted by molar-refractivity contribution is 5.93. The Balaban J connectivity index is -0.000000245. The first-order chi connectivity index (χ1) is 31.8. The number of carbonyl (C=O) groups is 7. The summed E-state index contributed by atoms with van der Waals surface area (Å²) in [6.07, 6.45) is 0.132. The highest BCUT2D eigenvalue weighted by Gasteiger charge is 2.20. The van der Waals surface area contributed by atoms with Crippen molar-refractivity contribution in [2.75, 3.05) is 60.8 Å². The number of methoxy groups -OCH3 is 1. The molecule has 0 aliphatic heterocycles. The molecule has 16 heteroatoms. The minimum absolute atomic E-state index is 0.00703. The maximum Gasteiger partial charge on any atom is 0.342 e. The van der Waals surface area contributed by atoms with Gasteiger partial charge in [-0.05, 0) is 57.3 Å². The first-order valence-electron chi connectivity index (χ1n) is 22.3. The molecule has 0 N–H and O–H groups in total. The maximum absolute atomic E-state index is 11.6. The minimum atomic E-state index is -0.482. The molecule has 0 aromatic rings. The molecule has 0 heterocycles. The first kappa shape index (κ1) is 70.8. The van der Waals surface area contributed by atoms with Crippen molar-refractivity contribution < 1.29 is 66.9 Å². The molecule has 68 heavy (non-hydrogen) atoms. The molecule has 0 radical (unpaired) electrons. The largest absolute Gasteiger partial charge is 0.469 e. The molecule has 0 spiro atoms. The third-order valence-electron chi connectivity index (χ3n) is 8.19. The quantitative estimate of drug-likeness (QED) is 0.0329. The fourth-order valence-electron chi connectivity index (χ4n) is 4.65. The summed E-state index contributed by atoms with van der Waals surface area (Å²) in [4.78, 5) is 88.7. The Kier molecular flexibility index (Phi) is 45.2. The fraction of sp³-hybridized carbons (Fsp3) is 0.577. The van der Waals surface area contributed by atoms with Gasteiger partial charge in [0, 0.05) is 13.6 Å². The van der Waals surface area contributed by atoms with E-state index in [0.717, 1.165) is 0 Å². The molecule has 0 bridgehead atoms.